The summed E-state index contributed by atoms with van der Waals surface area (Å²) < 4.78 is 0. The summed E-state index contributed by atoms with van der Waals surface area (Å²) in [5, 5.41) is 5.88. The summed E-state index contributed by atoms with van der Waals surface area (Å²) in [6.45, 7) is 0.850. The minimum Gasteiger partial charge on any atom is -0.347 e. The summed E-state index contributed by atoms with van der Waals surface area (Å²) in [6, 6.07) is 37.5. The lowest BCUT2D eigenvalue weighted by atomic mass is 9.99. The van der Waals surface area contributed by atoms with E-state index in [0.29, 0.717) is 42.7 Å². The quantitative estimate of drug-likeness (QED) is 0.197. The number of hydrogen-bond donors (Lipinski definition) is 2. The molecule has 6 rings (SSSR count). The topological polar surface area (TPSA) is 91.4 Å². The fraction of sp³-hybridized carbons (Fsp3) is 0.105. The van der Waals surface area contributed by atoms with Crippen molar-refractivity contribution in [2.45, 2.75) is 19.4 Å². The van der Waals surface area contributed by atoms with Gasteiger partial charge in [-0.2, -0.15) is 0 Å². The number of fused-ring (bicyclic) bond motifs is 1. The van der Waals surface area contributed by atoms with Crippen LogP contribution in [-0.2, 0) is 11.3 Å². The zero-order valence-electron chi connectivity index (χ0n) is 24.6. The Labute approximate surface area is 262 Å². The van der Waals surface area contributed by atoms with Gasteiger partial charge in [-0.1, -0.05) is 72.8 Å². The van der Waals surface area contributed by atoms with Gasteiger partial charge in [0.15, 0.2) is 0 Å². The third-order valence-corrected chi connectivity index (χ3v) is 7.74. The lowest BCUT2D eigenvalue weighted by molar-refractivity contribution is -0.116. The SMILES string of the molecule is O=C(/C=C1\CCCN(C(=O)c2ccc(NC(=O)c3ccccc3-c3ccccc3)cc2)c2ccccc21)NCc1ccccn1. The molecule has 0 saturated heterocycles. The fourth-order valence-electron chi connectivity index (χ4n) is 5.51. The molecule has 222 valence electrons. The van der Waals surface area contributed by atoms with Crippen molar-refractivity contribution in [3.63, 3.8) is 0 Å². The molecule has 7 nitrogen and oxygen atoms in total. The molecule has 0 fully saturated rings. The van der Waals surface area contributed by atoms with Crippen molar-refractivity contribution >= 4 is 34.7 Å². The van der Waals surface area contributed by atoms with E-state index in [1.54, 1.807) is 47.5 Å². The number of amides is 3. The average Bonchev–Trinajstić information content (AvgIpc) is 3.27. The zero-order chi connectivity index (χ0) is 31.0. The van der Waals surface area contributed by atoms with Gasteiger partial charge in [0.05, 0.1) is 17.9 Å². The van der Waals surface area contributed by atoms with E-state index in [0.717, 1.165) is 33.6 Å². The minimum atomic E-state index is -0.224. The first-order chi connectivity index (χ1) is 22.1. The van der Waals surface area contributed by atoms with E-state index in [1.165, 1.54) is 0 Å². The highest BCUT2D eigenvalue weighted by Gasteiger charge is 2.25. The Balaban J connectivity index is 1.17. The van der Waals surface area contributed by atoms with Crippen molar-refractivity contribution in [2.24, 2.45) is 0 Å². The second kappa shape index (κ2) is 13.7. The lowest BCUT2D eigenvalue weighted by Crippen LogP contribution is -2.31. The van der Waals surface area contributed by atoms with Gasteiger partial charge in [-0.15, -0.1) is 0 Å². The van der Waals surface area contributed by atoms with Crippen LogP contribution in [0.25, 0.3) is 16.7 Å². The van der Waals surface area contributed by atoms with Gasteiger partial charge < -0.3 is 15.5 Å². The molecule has 5 aromatic rings. The van der Waals surface area contributed by atoms with Crippen LogP contribution in [0.2, 0.25) is 0 Å². The number of carbonyl (C=O) groups is 3. The molecular formula is C38H32N4O3. The summed E-state index contributed by atoms with van der Waals surface area (Å²) >= 11 is 0. The number of hydrogen-bond acceptors (Lipinski definition) is 4. The predicted molar refractivity (Wildman–Crippen MR) is 178 cm³/mol. The van der Waals surface area contributed by atoms with Crippen LogP contribution in [0, 0.1) is 0 Å². The van der Waals surface area contributed by atoms with Gasteiger partial charge in [0.2, 0.25) is 5.91 Å². The van der Waals surface area contributed by atoms with Gasteiger partial charge in [0.1, 0.15) is 0 Å². The maximum atomic E-state index is 13.8. The number of benzene rings is 4. The number of carbonyl (C=O) groups excluding carboxylic acids is 3. The van der Waals surface area contributed by atoms with Crippen LogP contribution >= 0.6 is 0 Å². The largest absolute Gasteiger partial charge is 0.347 e. The molecule has 1 aromatic heterocycles. The van der Waals surface area contributed by atoms with E-state index in [1.807, 2.05) is 91.0 Å². The Morgan fingerprint density at radius 2 is 1.47 bits per heavy atom. The Kier molecular flexibility index (Phi) is 8.88. The van der Waals surface area contributed by atoms with Gasteiger partial charge in [-0.3, -0.25) is 19.4 Å². The average molecular weight is 593 g/mol. The second-order valence-electron chi connectivity index (χ2n) is 10.7. The molecule has 2 heterocycles. The molecule has 0 bridgehead atoms. The first kappa shape index (κ1) is 29.3. The predicted octanol–water partition coefficient (Wildman–Crippen LogP) is 7.14. The third kappa shape index (κ3) is 6.89. The molecule has 7 heteroatoms. The molecule has 3 amide bonds. The first-order valence-electron chi connectivity index (χ1n) is 14.9. The highest BCUT2D eigenvalue weighted by Crippen LogP contribution is 2.34. The number of aromatic nitrogens is 1. The normalized spacial score (nSPS) is 13.4. The summed E-state index contributed by atoms with van der Waals surface area (Å²) in [5.74, 6) is -0.566. The van der Waals surface area contributed by atoms with Crippen LogP contribution in [0.1, 0.15) is 44.8 Å². The van der Waals surface area contributed by atoms with Crippen LogP contribution in [-0.4, -0.2) is 29.3 Å². The Hall–Kier alpha value is -5.82. The number of nitrogens with one attached hydrogen (secondary N) is 2. The molecule has 4 aromatic carbocycles. The van der Waals surface area contributed by atoms with E-state index in [4.69, 9.17) is 0 Å². The number of rotatable bonds is 7. The molecule has 1 aliphatic rings. The van der Waals surface area contributed by atoms with Crippen molar-refractivity contribution < 1.29 is 14.4 Å². The van der Waals surface area contributed by atoms with E-state index < -0.39 is 0 Å². The number of pyridine rings is 1. The summed E-state index contributed by atoms with van der Waals surface area (Å²) in [6.07, 6.45) is 4.69. The Bertz CT molecular complexity index is 1850. The van der Waals surface area contributed by atoms with Crippen molar-refractivity contribution in [2.75, 3.05) is 16.8 Å². The van der Waals surface area contributed by atoms with E-state index in [-0.39, 0.29) is 17.7 Å². The molecule has 2 N–H and O–H groups in total. The second-order valence-corrected chi connectivity index (χ2v) is 10.7. The molecular weight excluding hydrogens is 560 g/mol. The van der Waals surface area contributed by atoms with Crippen LogP contribution in [0.3, 0.4) is 0 Å². The molecule has 0 unspecified atom stereocenters. The molecule has 45 heavy (non-hydrogen) atoms. The maximum Gasteiger partial charge on any atom is 0.258 e. The van der Waals surface area contributed by atoms with Crippen LogP contribution in [0.4, 0.5) is 11.4 Å². The smallest absolute Gasteiger partial charge is 0.258 e. The standard InChI is InChI=1S/C38H32N4O3/c43-36(40-26-31-14-8-9-23-39-31)25-29-13-10-24-42(35-18-7-6-16-33(29)35)38(45)28-19-21-30(22-20-28)41-37(44)34-17-5-4-15-32(34)27-11-2-1-3-12-27/h1-9,11-12,14-23,25H,10,13,24,26H2,(H,40,43)(H,41,44)/b29-25+. The monoisotopic (exact) mass is 592 g/mol. The van der Waals surface area contributed by atoms with Crippen molar-refractivity contribution in [1.29, 1.82) is 0 Å². The van der Waals surface area contributed by atoms with Crippen molar-refractivity contribution in [1.82, 2.24) is 10.3 Å². The van der Waals surface area contributed by atoms with Gasteiger partial charge in [0.25, 0.3) is 11.8 Å². The Morgan fingerprint density at radius 3 is 2.24 bits per heavy atom. The summed E-state index contributed by atoms with van der Waals surface area (Å²) in [7, 11) is 0. The Morgan fingerprint density at radius 1 is 0.756 bits per heavy atom. The number of anilines is 2. The highest BCUT2D eigenvalue weighted by molar-refractivity contribution is 6.10. The van der Waals surface area contributed by atoms with Crippen LogP contribution in [0.5, 0.6) is 0 Å². The zero-order valence-corrected chi connectivity index (χ0v) is 24.6. The highest BCUT2D eigenvalue weighted by atomic mass is 16.2. The van der Waals surface area contributed by atoms with E-state index in [2.05, 4.69) is 15.6 Å². The molecule has 0 saturated carbocycles. The number of para-hydroxylation sites is 1. The van der Waals surface area contributed by atoms with Crippen molar-refractivity contribution in [3.05, 3.63) is 156 Å². The molecule has 1 aliphatic heterocycles. The fourth-order valence-corrected chi connectivity index (χ4v) is 5.51. The molecule has 0 atom stereocenters. The third-order valence-electron chi connectivity index (χ3n) is 7.74. The number of nitrogens with zero attached hydrogens (tertiary/aromatic N) is 2. The van der Waals surface area contributed by atoms with E-state index in [9.17, 15) is 14.4 Å². The van der Waals surface area contributed by atoms with E-state index >= 15 is 0 Å². The van der Waals surface area contributed by atoms with Gasteiger partial charge >= 0.3 is 0 Å². The lowest BCUT2D eigenvalue weighted by Gasteiger charge is -2.23. The molecule has 0 radical (unpaired) electrons. The summed E-state index contributed by atoms with van der Waals surface area (Å²) in [4.78, 5) is 45.9. The van der Waals surface area contributed by atoms with Crippen LogP contribution in [0.15, 0.2) is 134 Å². The maximum absolute atomic E-state index is 13.8. The number of allylic oxidation sites excluding steroid dienone is 1. The van der Waals surface area contributed by atoms with Crippen molar-refractivity contribution in [3.8, 4) is 11.1 Å². The summed E-state index contributed by atoms with van der Waals surface area (Å²) in [5.41, 5.74) is 6.77. The molecule has 0 aliphatic carbocycles. The minimum absolute atomic E-state index is 0.143. The first-order valence-corrected chi connectivity index (χ1v) is 14.9. The van der Waals surface area contributed by atoms with Gasteiger partial charge in [-0.25, -0.2) is 0 Å². The van der Waals surface area contributed by atoms with Gasteiger partial charge in [-0.05, 0) is 78.1 Å². The van der Waals surface area contributed by atoms with Gasteiger partial charge in [0, 0.05) is 41.2 Å². The molecule has 0 spiro atoms. The van der Waals surface area contributed by atoms with Crippen LogP contribution < -0.4 is 15.5 Å².